The summed E-state index contributed by atoms with van der Waals surface area (Å²) < 4.78 is 10.8. The van der Waals surface area contributed by atoms with Crippen LogP contribution in [0.5, 0.6) is 11.5 Å². The van der Waals surface area contributed by atoms with Crippen LogP contribution < -0.4 is 15.2 Å². The van der Waals surface area contributed by atoms with Crippen molar-refractivity contribution in [2.45, 2.75) is 25.8 Å². The van der Waals surface area contributed by atoms with Gasteiger partial charge in [0, 0.05) is 11.6 Å². The highest BCUT2D eigenvalue weighted by atomic mass is 16.5. The van der Waals surface area contributed by atoms with E-state index in [1.54, 1.807) is 14.2 Å². The van der Waals surface area contributed by atoms with E-state index in [4.69, 9.17) is 15.2 Å². The molecular formula is C18H23NO2. The fourth-order valence-electron chi connectivity index (χ4n) is 2.52. The number of ether oxygens (including phenoxy) is 2. The highest BCUT2D eigenvalue weighted by molar-refractivity contribution is 5.39. The number of aryl methyl sites for hydroxylation is 2. The second-order valence-corrected chi connectivity index (χ2v) is 5.20. The van der Waals surface area contributed by atoms with Gasteiger partial charge in [0.05, 0.1) is 14.2 Å². The minimum Gasteiger partial charge on any atom is -0.496 e. The normalized spacial score (nSPS) is 12.0. The second kappa shape index (κ2) is 7.14. The molecule has 0 aliphatic carbocycles. The number of hydrogen-bond donors (Lipinski definition) is 1. The summed E-state index contributed by atoms with van der Waals surface area (Å²) in [5.74, 6) is 1.77. The molecule has 0 heterocycles. The van der Waals surface area contributed by atoms with Gasteiger partial charge in [-0.25, -0.2) is 0 Å². The summed E-state index contributed by atoms with van der Waals surface area (Å²) in [6.07, 6.45) is 1.72. The molecule has 112 valence electrons. The van der Waals surface area contributed by atoms with E-state index in [0.717, 1.165) is 29.9 Å². The summed E-state index contributed by atoms with van der Waals surface area (Å²) in [7, 11) is 3.38. The van der Waals surface area contributed by atoms with E-state index in [-0.39, 0.29) is 6.04 Å². The highest BCUT2D eigenvalue weighted by Gasteiger charge is 2.13. The van der Waals surface area contributed by atoms with E-state index in [0.29, 0.717) is 0 Å². The van der Waals surface area contributed by atoms with Gasteiger partial charge in [0.15, 0.2) is 0 Å². The van der Waals surface area contributed by atoms with Gasteiger partial charge >= 0.3 is 0 Å². The van der Waals surface area contributed by atoms with E-state index in [1.807, 2.05) is 30.3 Å². The Morgan fingerprint density at radius 3 is 2.43 bits per heavy atom. The molecule has 0 aromatic heterocycles. The molecule has 0 saturated carbocycles. The van der Waals surface area contributed by atoms with E-state index in [1.165, 1.54) is 11.1 Å². The van der Waals surface area contributed by atoms with Gasteiger partial charge in [0.1, 0.15) is 11.5 Å². The van der Waals surface area contributed by atoms with Crippen LogP contribution in [0, 0.1) is 6.92 Å². The predicted molar refractivity (Wildman–Crippen MR) is 86.0 cm³/mol. The Morgan fingerprint density at radius 1 is 1.00 bits per heavy atom. The molecule has 0 radical (unpaired) electrons. The Balaban J connectivity index is 2.11. The summed E-state index contributed by atoms with van der Waals surface area (Å²) in [6.45, 7) is 2.07. The van der Waals surface area contributed by atoms with Crippen LogP contribution in [0.15, 0.2) is 42.5 Å². The average Bonchev–Trinajstić information content (AvgIpc) is 2.52. The SMILES string of the molecule is COc1ccccc1CCC(N)c1cc(C)ccc1OC. The van der Waals surface area contributed by atoms with Gasteiger partial charge in [0.25, 0.3) is 0 Å². The smallest absolute Gasteiger partial charge is 0.123 e. The molecular weight excluding hydrogens is 262 g/mol. The number of nitrogens with two attached hydrogens (primary N) is 1. The van der Waals surface area contributed by atoms with Gasteiger partial charge < -0.3 is 15.2 Å². The maximum atomic E-state index is 6.36. The van der Waals surface area contributed by atoms with Crippen molar-refractivity contribution >= 4 is 0 Å². The summed E-state index contributed by atoms with van der Waals surface area (Å²) in [5, 5.41) is 0. The molecule has 2 N–H and O–H groups in total. The maximum absolute atomic E-state index is 6.36. The molecule has 0 aliphatic rings. The molecule has 2 aromatic rings. The first kappa shape index (κ1) is 15.4. The molecule has 1 atom stereocenters. The zero-order chi connectivity index (χ0) is 15.2. The molecule has 0 aliphatic heterocycles. The van der Waals surface area contributed by atoms with Crippen LogP contribution in [0.1, 0.15) is 29.2 Å². The monoisotopic (exact) mass is 285 g/mol. The molecule has 21 heavy (non-hydrogen) atoms. The molecule has 0 bridgehead atoms. The summed E-state index contributed by atoms with van der Waals surface area (Å²) in [4.78, 5) is 0. The Kier molecular flexibility index (Phi) is 5.23. The van der Waals surface area contributed by atoms with Crippen LogP contribution in [0.3, 0.4) is 0 Å². The van der Waals surface area contributed by atoms with E-state index in [2.05, 4.69) is 19.1 Å². The zero-order valence-electron chi connectivity index (χ0n) is 12.9. The van der Waals surface area contributed by atoms with Crippen LogP contribution in [0.2, 0.25) is 0 Å². The number of benzene rings is 2. The summed E-state index contributed by atoms with van der Waals surface area (Å²) >= 11 is 0. The number of hydrogen-bond acceptors (Lipinski definition) is 3. The lowest BCUT2D eigenvalue weighted by molar-refractivity contribution is 0.401. The molecule has 3 nitrogen and oxygen atoms in total. The van der Waals surface area contributed by atoms with Gasteiger partial charge in [-0.15, -0.1) is 0 Å². The van der Waals surface area contributed by atoms with Crippen molar-refractivity contribution in [3.63, 3.8) is 0 Å². The minimum atomic E-state index is -0.0511. The Labute approximate surface area is 126 Å². The van der Waals surface area contributed by atoms with Crippen LogP contribution >= 0.6 is 0 Å². The molecule has 2 rings (SSSR count). The Bertz CT molecular complexity index is 596. The molecule has 0 amide bonds. The van der Waals surface area contributed by atoms with Crippen molar-refractivity contribution in [3.8, 4) is 11.5 Å². The van der Waals surface area contributed by atoms with Gasteiger partial charge in [0.2, 0.25) is 0 Å². The fourth-order valence-corrected chi connectivity index (χ4v) is 2.52. The van der Waals surface area contributed by atoms with Gasteiger partial charge in [-0.2, -0.15) is 0 Å². The van der Waals surface area contributed by atoms with E-state index in [9.17, 15) is 0 Å². The number of rotatable bonds is 6. The molecule has 0 spiro atoms. The topological polar surface area (TPSA) is 44.5 Å². The van der Waals surface area contributed by atoms with Crippen LogP contribution in [-0.2, 0) is 6.42 Å². The third-order valence-electron chi connectivity index (χ3n) is 3.70. The van der Waals surface area contributed by atoms with E-state index >= 15 is 0 Å². The third-order valence-corrected chi connectivity index (χ3v) is 3.70. The second-order valence-electron chi connectivity index (χ2n) is 5.20. The van der Waals surface area contributed by atoms with Crippen LogP contribution in [0.25, 0.3) is 0 Å². The van der Waals surface area contributed by atoms with Crippen molar-refractivity contribution in [3.05, 3.63) is 59.2 Å². The van der Waals surface area contributed by atoms with Crippen molar-refractivity contribution in [1.29, 1.82) is 0 Å². The van der Waals surface area contributed by atoms with E-state index < -0.39 is 0 Å². The predicted octanol–water partition coefficient (Wildman–Crippen LogP) is 3.64. The first-order valence-electron chi connectivity index (χ1n) is 7.17. The lowest BCUT2D eigenvalue weighted by Gasteiger charge is -2.17. The van der Waals surface area contributed by atoms with Gasteiger partial charge in [-0.3, -0.25) is 0 Å². The molecule has 2 aromatic carbocycles. The lowest BCUT2D eigenvalue weighted by atomic mass is 9.97. The largest absolute Gasteiger partial charge is 0.496 e. The third kappa shape index (κ3) is 3.76. The maximum Gasteiger partial charge on any atom is 0.123 e. The zero-order valence-corrected chi connectivity index (χ0v) is 12.9. The van der Waals surface area contributed by atoms with Crippen molar-refractivity contribution in [2.75, 3.05) is 14.2 Å². The highest BCUT2D eigenvalue weighted by Crippen LogP contribution is 2.29. The lowest BCUT2D eigenvalue weighted by Crippen LogP contribution is -2.13. The number of methoxy groups -OCH3 is 2. The van der Waals surface area contributed by atoms with Gasteiger partial charge in [-0.05, 0) is 37.5 Å². The molecule has 0 fully saturated rings. The first-order valence-corrected chi connectivity index (χ1v) is 7.17. The van der Waals surface area contributed by atoms with Crippen molar-refractivity contribution < 1.29 is 9.47 Å². The Hall–Kier alpha value is -2.00. The standard InChI is InChI=1S/C18H23NO2/c1-13-8-11-18(21-3)15(12-13)16(19)10-9-14-6-4-5-7-17(14)20-2/h4-8,11-12,16H,9-10,19H2,1-3H3. The van der Waals surface area contributed by atoms with Crippen molar-refractivity contribution in [1.82, 2.24) is 0 Å². The first-order chi connectivity index (χ1) is 10.2. The van der Waals surface area contributed by atoms with Crippen LogP contribution in [-0.4, -0.2) is 14.2 Å². The summed E-state index contributed by atoms with van der Waals surface area (Å²) in [5.41, 5.74) is 9.80. The fraction of sp³-hybridized carbons (Fsp3) is 0.333. The van der Waals surface area contributed by atoms with Crippen LogP contribution in [0.4, 0.5) is 0 Å². The Morgan fingerprint density at radius 2 is 1.71 bits per heavy atom. The van der Waals surface area contributed by atoms with Gasteiger partial charge in [-0.1, -0.05) is 35.9 Å². The molecule has 3 heteroatoms. The molecule has 1 unspecified atom stereocenters. The average molecular weight is 285 g/mol. The van der Waals surface area contributed by atoms with Crippen molar-refractivity contribution in [2.24, 2.45) is 5.73 Å². The summed E-state index contributed by atoms with van der Waals surface area (Å²) in [6, 6.07) is 14.1. The minimum absolute atomic E-state index is 0.0511. The molecule has 0 saturated heterocycles. The number of para-hydroxylation sites is 1. The quantitative estimate of drug-likeness (QED) is 0.881.